The molecule has 5 aromatic rings. The van der Waals surface area contributed by atoms with Crippen LogP contribution in [0.5, 0.6) is 5.88 Å². The van der Waals surface area contributed by atoms with Gasteiger partial charge in [-0.3, -0.25) is 0 Å². The summed E-state index contributed by atoms with van der Waals surface area (Å²) in [6.45, 7) is 0.204. The molecule has 0 saturated heterocycles. The number of rotatable bonds is 5. The van der Waals surface area contributed by atoms with Crippen LogP contribution in [-0.2, 0) is 6.61 Å². The van der Waals surface area contributed by atoms with Gasteiger partial charge in [0.2, 0.25) is 5.88 Å². The summed E-state index contributed by atoms with van der Waals surface area (Å²) < 4.78 is 11.5. The highest BCUT2D eigenvalue weighted by molar-refractivity contribution is 6.30. The van der Waals surface area contributed by atoms with Crippen molar-refractivity contribution in [1.29, 1.82) is 0 Å². The lowest BCUT2D eigenvalue weighted by Crippen LogP contribution is -2.00. The van der Waals surface area contributed by atoms with Crippen molar-refractivity contribution in [3.05, 3.63) is 95.7 Å². The first kappa shape index (κ1) is 18.3. The molecule has 0 atom stereocenters. The zero-order chi connectivity index (χ0) is 20.3. The molecule has 0 unspecified atom stereocenters. The van der Waals surface area contributed by atoms with Crippen LogP contribution in [0.25, 0.3) is 33.5 Å². The SMILES string of the molecule is Clc1ccc(-c2cc(COc3nc(-c4ccccc4)nc4ccccc34)on2)cc1. The van der Waals surface area contributed by atoms with Gasteiger partial charge in [0, 0.05) is 22.2 Å². The Bertz CT molecular complexity index is 1300. The number of nitrogens with zero attached hydrogens (tertiary/aromatic N) is 3. The van der Waals surface area contributed by atoms with Crippen molar-refractivity contribution >= 4 is 22.5 Å². The number of ether oxygens (including phenoxy) is 1. The maximum Gasteiger partial charge on any atom is 0.225 e. The van der Waals surface area contributed by atoms with Gasteiger partial charge in [-0.05, 0) is 24.3 Å². The second-order valence-corrected chi connectivity index (χ2v) is 7.15. The molecule has 2 aromatic heterocycles. The molecule has 6 heteroatoms. The van der Waals surface area contributed by atoms with Crippen molar-refractivity contribution in [3.8, 4) is 28.5 Å². The summed E-state index contributed by atoms with van der Waals surface area (Å²) in [5, 5.41) is 5.64. The van der Waals surface area contributed by atoms with Gasteiger partial charge in [0.15, 0.2) is 18.2 Å². The highest BCUT2D eigenvalue weighted by Gasteiger charge is 2.12. The fourth-order valence-electron chi connectivity index (χ4n) is 3.15. The van der Waals surface area contributed by atoms with E-state index in [1.807, 2.05) is 84.9 Å². The third-order valence-electron chi connectivity index (χ3n) is 4.65. The standard InChI is InChI=1S/C24H16ClN3O2/c25-18-12-10-16(11-13-18)22-14-19(30-28-22)15-29-24-20-8-4-5-9-21(20)26-23(27-24)17-6-2-1-3-7-17/h1-14H,15H2. The topological polar surface area (TPSA) is 61.0 Å². The van der Waals surface area contributed by atoms with E-state index < -0.39 is 0 Å². The van der Waals surface area contributed by atoms with E-state index in [9.17, 15) is 0 Å². The first-order chi connectivity index (χ1) is 14.8. The van der Waals surface area contributed by atoms with Gasteiger partial charge >= 0.3 is 0 Å². The Balaban J connectivity index is 1.43. The molecular weight excluding hydrogens is 398 g/mol. The number of benzene rings is 3. The molecule has 2 heterocycles. The zero-order valence-electron chi connectivity index (χ0n) is 15.8. The Morgan fingerprint density at radius 2 is 1.57 bits per heavy atom. The highest BCUT2D eigenvalue weighted by atomic mass is 35.5. The molecule has 5 rings (SSSR count). The van der Waals surface area contributed by atoms with Gasteiger partial charge in [-0.2, -0.15) is 4.98 Å². The predicted molar refractivity (Wildman–Crippen MR) is 116 cm³/mol. The molecule has 0 spiro atoms. The van der Waals surface area contributed by atoms with Gasteiger partial charge in [0.1, 0.15) is 5.69 Å². The second kappa shape index (κ2) is 7.97. The zero-order valence-corrected chi connectivity index (χ0v) is 16.6. The summed E-state index contributed by atoms with van der Waals surface area (Å²) in [6, 6.07) is 26.9. The summed E-state index contributed by atoms with van der Waals surface area (Å²) in [5.41, 5.74) is 3.40. The smallest absolute Gasteiger partial charge is 0.225 e. The van der Waals surface area contributed by atoms with E-state index in [4.69, 9.17) is 20.9 Å². The van der Waals surface area contributed by atoms with Crippen LogP contribution in [0.2, 0.25) is 5.02 Å². The average Bonchev–Trinajstić information content (AvgIpc) is 3.27. The Kier molecular flexibility index (Phi) is 4.87. The van der Waals surface area contributed by atoms with E-state index in [0.717, 1.165) is 27.7 Å². The number of hydrogen-bond acceptors (Lipinski definition) is 5. The van der Waals surface area contributed by atoms with Crippen molar-refractivity contribution in [1.82, 2.24) is 15.1 Å². The number of aromatic nitrogens is 3. The highest BCUT2D eigenvalue weighted by Crippen LogP contribution is 2.28. The third kappa shape index (κ3) is 3.75. The minimum Gasteiger partial charge on any atom is -0.469 e. The molecule has 0 radical (unpaired) electrons. The van der Waals surface area contributed by atoms with Gasteiger partial charge < -0.3 is 9.26 Å². The van der Waals surface area contributed by atoms with Crippen molar-refractivity contribution in [3.63, 3.8) is 0 Å². The molecule has 3 aromatic carbocycles. The van der Waals surface area contributed by atoms with E-state index in [1.54, 1.807) is 0 Å². The molecule has 0 aliphatic carbocycles. The number of hydrogen-bond donors (Lipinski definition) is 0. The lowest BCUT2D eigenvalue weighted by molar-refractivity contribution is 0.244. The summed E-state index contributed by atoms with van der Waals surface area (Å²) in [7, 11) is 0. The third-order valence-corrected chi connectivity index (χ3v) is 4.90. The monoisotopic (exact) mass is 413 g/mol. The maximum absolute atomic E-state index is 6.03. The summed E-state index contributed by atoms with van der Waals surface area (Å²) in [5.74, 6) is 1.72. The predicted octanol–water partition coefficient (Wildman–Crippen LogP) is 6.18. The minimum atomic E-state index is 0.204. The normalized spacial score (nSPS) is 11.0. The largest absolute Gasteiger partial charge is 0.469 e. The average molecular weight is 414 g/mol. The Morgan fingerprint density at radius 1 is 0.800 bits per heavy atom. The van der Waals surface area contributed by atoms with Crippen molar-refractivity contribution in [2.75, 3.05) is 0 Å². The number of para-hydroxylation sites is 1. The fourth-order valence-corrected chi connectivity index (χ4v) is 3.28. The van der Waals surface area contributed by atoms with Crippen LogP contribution in [0.4, 0.5) is 0 Å². The molecule has 0 saturated carbocycles. The van der Waals surface area contributed by atoms with E-state index in [1.165, 1.54) is 0 Å². The summed E-state index contributed by atoms with van der Waals surface area (Å²) >= 11 is 5.95. The molecule has 0 N–H and O–H groups in total. The van der Waals surface area contributed by atoms with Crippen molar-refractivity contribution < 1.29 is 9.26 Å². The van der Waals surface area contributed by atoms with E-state index >= 15 is 0 Å². The molecule has 0 fully saturated rings. The van der Waals surface area contributed by atoms with Crippen molar-refractivity contribution in [2.24, 2.45) is 0 Å². The van der Waals surface area contributed by atoms with Crippen LogP contribution >= 0.6 is 11.6 Å². The summed E-state index contributed by atoms with van der Waals surface area (Å²) in [4.78, 5) is 9.33. The molecular formula is C24H16ClN3O2. The second-order valence-electron chi connectivity index (χ2n) is 6.71. The first-order valence-corrected chi connectivity index (χ1v) is 9.80. The Labute approximate surface area is 177 Å². The Hall–Kier alpha value is -3.70. The molecule has 5 nitrogen and oxygen atoms in total. The van der Waals surface area contributed by atoms with Crippen LogP contribution in [0.15, 0.2) is 89.5 Å². The van der Waals surface area contributed by atoms with Gasteiger partial charge in [-0.15, -0.1) is 0 Å². The lowest BCUT2D eigenvalue weighted by atomic mass is 10.1. The first-order valence-electron chi connectivity index (χ1n) is 9.43. The maximum atomic E-state index is 6.03. The van der Waals surface area contributed by atoms with E-state index in [0.29, 0.717) is 22.5 Å². The molecule has 146 valence electrons. The molecule has 30 heavy (non-hydrogen) atoms. The van der Waals surface area contributed by atoms with Crippen molar-refractivity contribution in [2.45, 2.75) is 6.61 Å². The van der Waals surface area contributed by atoms with Crippen LogP contribution in [-0.4, -0.2) is 15.1 Å². The van der Waals surface area contributed by atoms with Gasteiger partial charge in [-0.1, -0.05) is 71.4 Å². The fraction of sp³-hybridized carbons (Fsp3) is 0.0417. The Morgan fingerprint density at radius 3 is 2.40 bits per heavy atom. The van der Waals surface area contributed by atoms with Gasteiger partial charge in [-0.25, -0.2) is 4.98 Å². The van der Waals surface area contributed by atoms with Crippen LogP contribution in [0.3, 0.4) is 0 Å². The lowest BCUT2D eigenvalue weighted by Gasteiger charge is -2.09. The quantitative estimate of drug-likeness (QED) is 0.344. The molecule has 0 aliphatic heterocycles. The molecule has 0 bridgehead atoms. The van der Waals surface area contributed by atoms with Gasteiger partial charge in [0.05, 0.1) is 10.9 Å². The molecule has 0 amide bonds. The van der Waals surface area contributed by atoms with Crippen LogP contribution in [0, 0.1) is 0 Å². The molecule has 0 aliphatic rings. The van der Waals surface area contributed by atoms with E-state index in [-0.39, 0.29) is 6.61 Å². The van der Waals surface area contributed by atoms with E-state index in [2.05, 4.69) is 15.1 Å². The number of fused-ring (bicyclic) bond motifs is 1. The summed E-state index contributed by atoms with van der Waals surface area (Å²) in [6.07, 6.45) is 0. The number of halogens is 1. The van der Waals surface area contributed by atoms with Gasteiger partial charge in [0.25, 0.3) is 0 Å². The van der Waals surface area contributed by atoms with Crippen LogP contribution in [0.1, 0.15) is 5.76 Å². The van der Waals surface area contributed by atoms with Crippen LogP contribution < -0.4 is 4.74 Å². The minimum absolute atomic E-state index is 0.204.